The fraction of sp³-hybridized carbons (Fsp3) is 0.167. The van der Waals surface area contributed by atoms with Gasteiger partial charge in [-0.05, 0) is 11.4 Å². The predicted molar refractivity (Wildman–Crippen MR) is 40.0 cm³/mol. The number of nitrogens with zero attached hydrogens (tertiary/aromatic N) is 1. The van der Waals surface area contributed by atoms with Gasteiger partial charge >= 0.3 is 0 Å². The van der Waals surface area contributed by atoms with Gasteiger partial charge in [0.2, 0.25) is 0 Å². The van der Waals surface area contributed by atoms with Crippen molar-refractivity contribution >= 4 is 11.3 Å². The average Bonchev–Trinajstić information content (AvgIpc) is 2.43. The standard InChI is InChI=1S/C6H7N3S/c7-4-5(9-8)6-2-1-3-10-6/h1-3,5,9H,8H2. The first-order valence-electron chi connectivity index (χ1n) is 2.77. The molecular formula is C6H7N3S. The minimum atomic E-state index is -0.361. The third-order valence-corrected chi connectivity index (χ3v) is 2.06. The van der Waals surface area contributed by atoms with Crippen molar-refractivity contribution in [2.75, 3.05) is 0 Å². The quantitative estimate of drug-likeness (QED) is 0.487. The van der Waals surface area contributed by atoms with Crippen molar-refractivity contribution < 1.29 is 0 Å². The maximum absolute atomic E-state index is 8.51. The van der Waals surface area contributed by atoms with Gasteiger partial charge in [-0.15, -0.1) is 11.3 Å². The molecule has 4 heteroatoms. The molecule has 0 bridgehead atoms. The third-order valence-electron chi connectivity index (χ3n) is 1.12. The van der Waals surface area contributed by atoms with Crippen molar-refractivity contribution in [3.05, 3.63) is 22.4 Å². The molecule has 3 nitrogen and oxygen atoms in total. The predicted octanol–water partition coefficient (Wildman–Crippen LogP) is 0.776. The Morgan fingerprint density at radius 2 is 2.60 bits per heavy atom. The molecule has 0 aliphatic carbocycles. The smallest absolute Gasteiger partial charge is 0.142 e. The zero-order valence-electron chi connectivity index (χ0n) is 5.24. The summed E-state index contributed by atoms with van der Waals surface area (Å²) in [5.41, 5.74) is 2.40. The van der Waals surface area contributed by atoms with Crippen molar-refractivity contribution in [2.24, 2.45) is 5.84 Å². The minimum absolute atomic E-state index is 0.361. The van der Waals surface area contributed by atoms with E-state index >= 15 is 0 Å². The monoisotopic (exact) mass is 153 g/mol. The number of rotatable bonds is 2. The first kappa shape index (κ1) is 7.22. The molecule has 1 unspecified atom stereocenters. The van der Waals surface area contributed by atoms with E-state index in [9.17, 15) is 0 Å². The molecule has 52 valence electrons. The van der Waals surface area contributed by atoms with E-state index in [4.69, 9.17) is 11.1 Å². The number of nitrogens with one attached hydrogen (secondary N) is 1. The van der Waals surface area contributed by atoms with E-state index in [-0.39, 0.29) is 6.04 Å². The maximum atomic E-state index is 8.51. The maximum Gasteiger partial charge on any atom is 0.142 e. The van der Waals surface area contributed by atoms with Gasteiger partial charge in [-0.1, -0.05) is 6.07 Å². The topological polar surface area (TPSA) is 61.8 Å². The Kier molecular flexibility index (Phi) is 2.40. The Morgan fingerprint density at radius 3 is 3.00 bits per heavy atom. The summed E-state index contributed by atoms with van der Waals surface area (Å²) in [7, 11) is 0. The van der Waals surface area contributed by atoms with Gasteiger partial charge in [0, 0.05) is 4.88 Å². The summed E-state index contributed by atoms with van der Waals surface area (Å²) in [6, 6.07) is 5.43. The normalized spacial score (nSPS) is 12.4. The van der Waals surface area contributed by atoms with Gasteiger partial charge in [-0.3, -0.25) is 5.84 Å². The number of hydrogen-bond acceptors (Lipinski definition) is 4. The Hall–Kier alpha value is -0.890. The lowest BCUT2D eigenvalue weighted by atomic mass is 10.3. The van der Waals surface area contributed by atoms with Crippen molar-refractivity contribution in [2.45, 2.75) is 6.04 Å². The largest absolute Gasteiger partial charge is 0.270 e. The van der Waals surface area contributed by atoms with E-state index in [0.29, 0.717) is 0 Å². The van der Waals surface area contributed by atoms with Gasteiger partial charge in [0.1, 0.15) is 6.04 Å². The van der Waals surface area contributed by atoms with Gasteiger partial charge in [-0.25, -0.2) is 5.43 Å². The van der Waals surface area contributed by atoms with E-state index in [1.54, 1.807) is 0 Å². The van der Waals surface area contributed by atoms with Gasteiger partial charge in [0.05, 0.1) is 6.07 Å². The average molecular weight is 153 g/mol. The molecule has 0 saturated heterocycles. The van der Waals surface area contributed by atoms with Crippen molar-refractivity contribution in [3.8, 4) is 6.07 Å². The summed E-state index contributed by atoms with van der Waals surface area (Å²) in [4.78, 5) is 0.949. The molecule has 0 aromatic carbocycles. The second kappa shape index (κ2) is 3.32. The van der Waals surface area contributed by atoms with Crippen LogP contribution in [0.5, 0.6) is 0 Å². The third kappa shape index (κ3) is 1.33. The Morgan fingerprint density at radius 1 is 1.80 bits per heavy atom. The van der Waals surface area contributed by atoms with Crippen LogP contribution in [-0.2, 0) is 0 Å². The van der Waals surface area contributed by atoms with Gasteiger partial charge in [0.15, 0.2) is 0 Å². The second-order valence-electron chi connectivity index (χ2n) is 1.74. The van der Waals surface area contributed by atoms with Crippen LogP contribution in [0.1, 0.15) is 10.9 Å². The Bertz CT molecular complexity index is 224. The molecule has 3 N–H and O–H groups in total. The first-order valence-corrected chi connectivity index (χ1v) is 3.65. The molecule has 10 heavy (non-hydrogen) atoms. The first-order chi connectivity index (χ1) is 4.88. The number of nitrogens with two attached hydrogens (primary N) is 1. The van der Waals surface area contributed by atoms with Gasteiger partial charge < -0.3 is 0 Å². The summed E-state index contributed by atoms with van der Waals surface area (Å²) in [6.45, 7) is 0. The number of thiophene rings is 1. The summed E-state index contributed by atoms with van der Waals surface area (Å²) < 4.78 is 0. The van der Waals surface area contributed by atoms with Crippen LogP contribution < -0.4 is 11.3 Å². The molecule has 0 radical (unpaired) electrons. The zero-order valence-corrected chi connectivity index (χ0v) is 6.06. The summed E-state index contributed by atoms with van der Waals surface area (Å²) in [5.74, 6) is 5.11. The highest BCUT2D eigenvalue weighted by Gasteiger charge is 2.06. The molecule has 1 heterocycles. The molecular weight excluding hydrogens is 146 g/mol. The fourth-order valence-corrected chi connectivity index (χ4v) is 1.37. The number of nitriles is 1. The van der Waals surface area contributed by atoms with Crippen LogP contribution in [0.15, 0.2) is 17.5 Å². The molecule has 0 amide bonds. The van der Waals surface area contributed by atoms with Crippen LogP contribution in [0.3, 0.4) is 0 Å². The van der Waals surface area contributed by atoms with E-state index in [0.717, 1.165) is 4.88 Å². The highest BCUT2D eigenvalue weighted by Crippen LogP contribution is 2.16. The van der Waals surface area contributed by atoms with Crippen molar-refractivity contribution in [3.63, 3.8) is 0 Å². The second-order valence-corrected chi connectivity index (χ2v) is 2.72. The molecule has 1 aromatic rings. The summed E-state index contributed by atoms with van der Waals surface area (Å²) in [5, 5.41) is 10.4. The van der Waals surface area contributed by atoms with Crippen LogP contribution in [0.25, 0.3) is 0 Å². The molecule has 0 fully saturated rings. The number of hydrazine groups is 1. The SMILES string of the molecule is N#CC(NN)c1cccs1. The van der Waals surface area contributed by atoms with Crippen LogP contribution >= 0.6 is 11.3 Å². The van der Waals surface area contributed by atoms with Crippen LogP contribution in [0.4, 0.5) is 0 Å². The molecule has 0 spiro atoms. The lowest BCUT2D eigenvalue weighted by Crippen LogP contribution is -2.25. The highest BCUT2D eigenvalue weighted by molar-refractivity contribution is 7.10. The van der Waals surface area contributed by atoms with Crippen molar-refractivity contribution in [1.82, 2.24) is 5.43 Å². The number of hydrogen-bond donors (Lipinski definition) is 2. The van der Waals surface area contributed by atoms with E-state index < -0.39 is 0 Å². The van der Waals surface area contributed by atoms with Crippen LogP contribution in [0, 0.1) is 11.3 Å². The van der Waals surface area contributed by atoms with Gasteiger partial charge in [-0.2, -0.15) is 5.26 Å². The fourth-order valence-electron chi connectivity index (χ4n) is 0.639. The van der Waals surface area contributed by atoms with Crippen LogP contribution in [-0.4, -0.2) is 0 Å². The minimum Gasteiger partial charge on any atom is -0.270 e. The molecule has 1 aromatic heterocycles. The Balaban J connectivity index is 2.76. The van der Waals surface area contributed by atoms with E-state index in [1.165, 1.54) is 11.3 Å². The van der Waals surface area contributed by atoms with Gasteiger partial charge in [0.25, 0.3) is 0 Å². The zero-order chi connectivity index (χ0) is 7.40. The van der Waals surface area contributed by atoms with E-state index in [1.807, 2.05) is 23.6 Å². The molecule has 0 aliphatic heterocycles. The Labute approximate surface area is 63.1 Å². The molecule has 1 atom stereocenters. The molecule has 1 rings (SSSR count). The lowest BCUT2D eigenvalue weighted by molar-refractivity contribution is 0.676. The molecule has 0 aliphatic rings. The summed E-state index contributed by atoms with van der Waals surface area (Å²) >= 11 is 1.52. The lowest BCUT2D eigenvalue weighted by Gasteiger charge is -2.01. The highest BCUT2D eigenvalue weighted by atomic mass is 32.1. The van der Waals surface area contributed by atoms with Crippen molar-refractivity contribution in [1.29, 1.82) is 5.26 Å². The van der Waals surface area contributed by atoms with Crippen LogP contribution in [0.2, 0.25) is 0 Å². The van der Waals surface area contributed by atoms with E-state index in [2.05, 4.69) is 5.43 Å². The summed E-state index contributed by atoms with van der Waals surface area (Å²) in [6.07, 6.45) is 0. The molecule has 0 saturated carbocycles.